The number of hydrogen-bond donors (Lipinski definition) is 0. The predicted molar refractivity (Wildman–Crippen MR) is 64.0 cm³/mol. The molecule has 0 radical (unpaired) electrons. The summed E-state index contributed by atoms with van der Waals surface area (Å²) in [6.45, 7) is 1.63. The molecule has 16 heavy (non-hydrogen) atoms. The third-order valence-corrected chi connectivity index (χ3v) is 3.16. The average Bonchev–Trinajstić information content (AvgIpc) is 2.67. The maximum Gasteiger partial charge on any atom is 0.249 e. The van der Waals surface area contributed by atoms with Crippen LogP contribution < -0.4 is 4.74 Å². The van der Waals surface area contributed by atoms with Crippen LogP contribution in [0.1, 0.15) is 16.6 Å². The lowest BCUT2D eigenvalue weighted by Gasteiger charge is -1.98. The molecule has 4 heteroatoms. The Hall–Kier alpha value is -1.86. The van der Waals surface area contributed by atoms with Gasteiger partial charge in [-0.2, -0.15) is 0 Å². The van der Waals surface area contributed by atoms with Crippen molar-refractivity contribution in [2.75, 3.05) is 7.11 Å². The van der Waals surface area contributed by atoms with E-state index < -0.39 is 0 Å². The highest BCUT2D eigenvalue weighted by atomic mass is 32.1. The number of nitrogens with zero attached hydrogens (tertiary/aromatic N) is 1. The second-order valence-electron chi connectivity index (χ2n) is 3.02. The lowest BCUT2D eigenvalue weighted by molar-refractivity contribution is 0.105. The Morgan fingerprint density at radius 1 is 1.56 bits per heavy atom. The molecule has 0 spiro atoms. The Bertz CT molecular complexity index is 604. The van der Waals surface area contributed by atoms with Crippen LogP contribution in [0.5, 0.6) is 5.75 Å². The highest BCUT2D eigenvalue weighted by Crippen LogP contribution is 2.36. The van der Waals surface area contributed by atoms with Gasteiger partial charge in [-0.3, -0.25) is 4.79 Å². The third-order valence-electron chi connectivity index (χ3n) is 2.07. The first-order valence-electron chi connectivity index (χ1n) is 4.66. The SMILES string of the molecule is CC#CC(=O)c1sc2ncccc2c1OC. The van der Waals surface area contributed by atoms with Gasteiger partial charge < -0.3 is 4.74 Å². The predicted octanol–water partition coefficient (Wildman–Crippen LogP) is 2.51. The van der Waals surface area contributed by atoms with Crippen molar-refractivity contribution in [3.05, 3.63) is 23.2 Å². The highest BCUT2D eigenvalue weighted by Gasteiger charge is 2.18. The first kappa shape index (κ1) is 10.7. The van der Waals surface area contributed by atoms with Gasteiger partial charge in [0.15, 0.2) is 5.75 Å². The van der Waals surface area contributed by atoms with Crippen LogP contribution in [0.3, 0.4) is 0 Å². The van der Waals surface area contributed by atoms with Crippen molar-refractivity contribution in [2.45, 2.75) is 6.92 Å². The summed E-state index contributed by atoms with van der Waals surface area (Å²) in [5.41, 5.74) is 0. The summed E-state index contributed by atoms with van der Waals surface area (Å²) in [7, 11) is 1.55. The van der Waals surface area contributed by atoms with E-state index in [9.17, 15) is 4.79 Å². The van der Waals surface area contributed by atoms with Gasteiger partial charge in [0.25, 0.3) is 0 Å². The van der Waals surface area contributed by atoms with Gasteiger partial charge in [0.05, 0.1) is 12.5 Å². The quantitative estimate of drug-likeness (QED) is 0.453. The fraction of sp³-hybridized carbons (Fsp3) is 0.167. The first-order valence-corrected chi connectivity index (χ1v) is 5.48. The lowest BCUT2D eigenvalue weighted by atomic mass is 10.2. The van der Waals surface area contributed by atoms with Gasteiger partial charge in [0.1, 0.15) is 9.71 Å². The zero-order chi connectivity index (χ0) is 11.5. The molecule has 0 bridgehead atoms. The Morgan fingerprint density at radius 3 is 3.06 bits per heavy atom. The molecular weight excluding hydrogens is 222 g/mol. The number of thiophene rings is 1. The number of rotatable bonds is 2. The molecule has 0 saturated carbocycles. The van der Waals surface area contributed by atoms with E-state index in [1.165, 1.54) is 11.3 Å². The minimum Gasteiger partial charge on any atom is -0.494 e. The van der Waals surface area contributed by atoms with E-state index in [4.69, 9.17) is 4.74 Å². The van der Waals surface area contributed by atoms with E-state index in [1.807, 2.05) is 12.1 Å². The van der Waals surface area contributed by atoms with Crippen molar-refractivity contribution in [1.82, 2.24) is 4.98 Å². The van der Waals surface area contributed by atoms with Crippen molar-refractivity contribution in [1.29, 1.82) is 0 Å². The van der Waals surface area contributed by atoms with Crippen LogP contribution in [0.4, 0.5) is 0 Å². The summed E-state index contributed by atoms with van der Waals surface area (Å²) in [6, 6.07) is 3.70. The number of ketones is 1. The maximum absolute atomic E-state index is 11.7. The monoisotopic (exact) mass is 231 g/mol. The Morgan fingerprint density at radius 2 is 2.38 bits per heavy atom. The van der Waals surface area contributed by atoms with Gasteiger partial charge in [-0.1, -0.05) is 5.92 Å². The second kappa shape index (κ2) is 4.33. The molecule has 2 rings (SSSR count). The molecule has 0 amide bonds. The van der Waals surface area contributed by atoms with E-state index in [-0.39, 0.29) is 5.78 Å². The smallest absolute Gasteiger partial charge is 0.249 e. The van der Waals surface area contributed by atoms with Gasteiger partial charge >= 0.3 is 0 Å². The minimum absolute atomic E-state index is 0.220. The largest absolute Gasteiger partial charge is 0.494 e. The van der Waals surface area contributed by atoms with E-state index in [0.717, 1.165) is 10.2 Å². The van der Waals surface area contributed by atoms with Crippen LogP contribution in [0, 0.1) is 11.8 Å². The molecule has 0 aliphatic carbocycles. The van der Waals surface area contributed by atoms with Crippen molar-refractivity contribution in [2.24, 2.45) is 0 Å². The number of carbonyl (C=O) groups is 1. The van der Waals surface area contributed by atoms with Crippen LogP contribution in [0.15, 0.2) is 18.3 Å². The van der Waals surface area contributed by atoms with Crippen molar-refractivity contribution >= 4 is 27.3 Å². The van der Waals surface area contributed by atoms with Crippen molar-refractivity contribution in [3.63, 3.8) is 0 Å². The molecule has 0 saturated heterocycles. The topological polar surface area (TPSA) is 39.2 Å². The number of aromatic nitrogens is 1. The normalized spacial score (nSPS) is 9.62. The molecule has 0 fully saturated rings. The zero-order valence-electron chi connectivity index (χ0n) is 8.90. The fourth-order valence-electron chi connectivity index (χ4n) is 1.43. The molecule has 0 aliphatic rings. The van der Waals surface area contributed by atoms with E-state index in [2.05, 4.69) is 16.8 Å². The molecule has 3 nitrogen and oxygen atoms in total. The molecule has 0 unspecified atom stereocenters. The summed E-state index contributed by atoms with van der Waals surface area (Å²) in [4.78, 5) is 17.2. The van der Waals surface area contributed by atoms with Crippen molar-refractivity contribution in [3.8, 4) is 17.6 Å². The van der Waals surface area contributed by atoms with E-state index in [0.29, 0.717) is 10.6 Å². The highest BCUT2D eigenvalue weighted by molar-refractivity contribution is 7.21. The molecule has 0 atom stereocenters. The summed E-state index contributed by atoms with van der Waals surface area (Å²) in [6.07, 6.45) is 1.69. The van der Waals surface area contributed by atoms with Crippen LogP contribution in [-0.4, -0.2) is 17.9 Å². The molecule has 0 aliphatic heterocycles. The molecular formula is C12H9NO2S. The molecule has 0 aromatic carbocycles. The number of methoxy groups -OCH3 is 1. The van der Waals surface area contributed by atoms with Crippen LogP contribution in [0.2, 0.25) is 0 Å². The molecule has 2 aromatic heterocycles. The van der Waals surface area contributed by atoms with E-state index in [1.54, 1.807) is 20.2 Å². The Kier molecular flexibility index (Phi) is 2.88. The lowest BCUT2D eigenvalue weighted by Crippen LogP contribution is -1.94. The summed E-state index contributed by atoms with van der Waals surface area (Å²) < 4.78 is 5.25. The summed E-state index contributed by atoms with van der Waals surface area (Å²) in [5.74, 6) is 5.45. The minimum atomic E-state index is -0.220. The summed E-state index contributed by atoms with van der Waals surface area (Å²) >= 11 is 1.31. The zero-order valence-corrected chi connectivity index (χ0v) is 9.72. The fourth-order valence-corrected chi connectivity index (χ4v) is 2.44. The van der Waals surface area contributed by atoms with E-state index >= 15 is 0 Å². The maximum atomic E-state index is 11.7. The number of pyridine rings is 1. The summed E-state index contributed by atoms with van der Waals surface area (Å²) in [5, 5.41) is 0.858. The Balaban J connectivity index is 2.68. The van der Waals surface area contributed by atoms with Crippen molar-refractivity contribution < 1.29 is 9.53 Å². The van der Waals surface area contributed by atoms with Gasteiger partial charge in [-0.25, -0.2) is 4.98 Å². The molecule has 0 N–H and O–H groups in total. The number of Topliss-reactive ketones (excluding diaryl/α,β-unsaturated/α-hetero) is 1. The van der Waals surface area contributed by atoms with Crippen LogP contribution in [-0.2, 0) is 0 Å². The van der Waals surface area contributed by atoms with Crippen LogP contribution >= 0.6 is 11.3 Å². The Labute approximate surface area is 97.1 Å². The molecule has 80 valence electrons. The average molecular weight is 231 g/mol. The second-order valence-corrected chi connectivity index (χ2v) is 4.02. The number of ether oxygens (including phenoxy) is 1. The first-order chi connectivity index (χ1) is 7.77. The number of hydrogen-bond acceptors (Lipinski definition) is 4. The van der Waals surface area contributed by atoms with Gasteiger partial charge in [0, 0.05) is 6.20 Å². The standard InChI is InChI=1S/C12H9NO2S/c1-3-5-9(14)11-10(15-2)8-6-4-7-13-12(8)16-11/h4,6-7H,1-2H3. The third kappa shape index (κ3) is 1.66. The van der Waals surface area contributed by atoms with Gasteiger partial charge in [-0.15, -0.1) is 11.3 Å². The molecule has 2 heterocycles. The van der Waals surface area contributed by atoms with Gasteiger partial charge in [-0.05, 0) is 25.0 Å². The van der Waals surface area contributed by atoms with Crippen LogP contribution in [0.25, 0.3) is 10.2 Å². The number of fused-ring (bicyclic) bond motifs is 1. The number of carbonyl (C=O) groups excluding carboxylic acids is 1. The van der Waals surface area contributed by atoms with Gasteiger partial charge in [0.2, 0.25) is 5.78 Å². The molecule has 2 aromatic rings.